The Labute approximate surface area is 188 Å². The summed E-state index contributed by atoms with van der Waals surface area (Å²) in [6.07, 6.45) is 11.3. The molecule has 2 saturated carbocycles. The summed E-state index contributed by atoms with van der Waals surface area (Å²) in [5.41, 5.74) is 3.56. The maximum atomic E-state index is 11.0. The molecule has 3 rings (SSSR count). The average molecular weight is 431 g/mol. The molecular weight excluding hydrogens is 388 g/mol. The van der Waals surface area contributed by atoms with Crippen molar-refractivity contribution in [3.8, 4) is 0 Å². The van der Waals surface area contributed by atoms with Gasteiger partial charge in [-0.3, -0.25) is 0 Å². The minimum atomic E-state index is -0.680. The summed E-state index contributed by atoms with van der Waals surface area (Å²) in [6.45, 7) is 12.3. The van der Waals surface area contributed by atoms with Crippen LogP contribution in [-0.4, -0.2) is 44.3 Å². The highest BCUT2D eigenvalue weighted by molar-refractivity contribution is 5.41. The van der Waals surface area contributed by atoms with Gasteiger partial charge >= 0.3 is 0 Å². The largest absolute Gasteiger partial charge is 0.393 e. The molecule has 31 heavy (non-hydrogen) atoms. The molecule has 0 saturated heterocycles. The predicted octanol–water partition coefficient (Wildman–Crippen LogP) is 4.60. The lowest BCUT2D eigenvalue weighted by Crippen LogP contribution is -2.36. The standard InChI is InChI=1S/C27H42O4/c1-17(8-6-12-26(3,4)31)22-16-24(30)25-19(9-7-13-27(22,25)5)10-11-20-14-21(28)15-23(29)18(20)2/h10-11,16-17,21,23-25,28-31H,2,6-9,12-15H2,1,3-5H3/b19-10+,20-11-/t17-,21-,23?,24?,25?,27-/m1/s1. The highest BCUT2D eigenvalue weighted by atomic mass is 16.3. The lowest BCUT2D eigenvalue weighted by atomic mass is 9.61. The zero-order valence-corrected chi connectivity index (χ0v) is 19.8. The van der Waals surface area contributed by atoms with Gasteiger partial charge in [0.2, 0.25) is 0 Å². The number of fused-ring (bicyclic) bond motifs is 1. The molecule has 0 heterocycles. The molecule has 0 bridgehead atoms. The van der Waals surface area contributed by atoms with Crippen LogP contribution in [0.5, 0.6) is 0 Å². The third-order valence-electron chi connectivity index (χ3n) is 7.82. The Hall–Kier alpha value is -1.20. The molecule has 174 valence electrons. The van der Waals surface area contributed by atoms with Crippen LogP contribution in [0.2, 0.25) is 0 Å². The molecule has 6 atom stereocenters. The van der Waals surface area contributed by atoms with Gasteiger partial charge in [-0.15, -0.1) is 0 Å². The van der Waals surface area contributed by atoms with Crippen LogP contribution in [0, 0.1) is 17.3 Å². The summed E-state index contributed by atoms with van der Waals surface area (Å²) < 4.78 is 0. The van der Waals surface area contributed by atoms with Gasteiger partial charge in [-0.25, -0.2) is 0 Å². The average Bonchev–Trinajstić information content (AvgIpc) is 2.93. The lowest BCUT2D eigenvalue weighted by molar-refractivity contribution is 0.0667. The van der Waals surface area contributed by atoms with Crippen LogP contribution in [0.3, 0.4) is 0 Å². The van der Waals surface area contributed by atoms with E-state index in [0.29, 0.717) is 24.3 Å². The molecule has 2 fully saturated rings. The van der Waals surface area contributed by atoms with Crippen molar-refractivity contribution in [3.05, 3.63) is 47.1 Å². The smallest absolute Gasteiger partial charge is 0.0811 e. The maximum absolute atomic E-state index is 11.0. The summed E-state index contributed by atoms with van der Waals surface area (Å²) in [4.78, 5) is 0. The normalized spacial score (nSPS) is 37.8. The van der Waals surface area contributed by atoms with E-state index in [1.165, 1.54) is 11.1 Å². The number of aliphatic hydroxyl groups excluding tert-OH is 3. The first-order valence-corrected chi connectivity index (χ1v) is 12.0. The molecule has 0 aromatic carbocycles. The number of rotatable bonds is 6. The van der Waals surface area contributed by atoms with Crippen LogP contribution in [0.1, 0.15) is 79.1 Å². The van der Waals surface area contributed by atoms with Crippen molar-refractivity contribution in [3.63, 3.8) is 0 Å². The Morgan fingerprint density at radius 2 is 1.97 bits per heavy atom. The molecule has 0 amide bonds. The van der Waals surface area contributed by atoms with E-state index in [1.54, 1.807) is 0 Å². The van der Waals surface area contributed by atoms with E-state index in [1.807, 2.05) is 19.9 Å². The van der Waals surface area contributed by atoms with E-state index in [9.17, 15) is 20.4 Å². The van der Waals surface area contributed by atoms with Crippen LogP contribution in [0.4, 0.5) is 0 Å². The van der Waals surface area contributed by atoms with Gasteiger partial charge in [0.25, 0.3) is 0 Å². The zero-order valence-electron chi connectivity index (χ0n) is 19.8. The lowest BCUT2D eigenvalue weighted by Gasteiger charge is -2.43. The molecule has 4 nitrogen and oxygen atoms in total. The Kier molecular flexibility index (Phi) is 7.37. The van der Waals surface area contributed by atoms with Crippen LogP contribution in [0.25, 0.3) is 0 Å². The third-order valence-corrected chi connectivity index (χ3v) is 7.82. The first kappa shape index (κ1) is 24.4. The van der Waals surface area contributed by atoms with Crippen molar-refractivity contribution in [2.75, 3.05) is 0 Å². The minimum absolute atomic E-state index is 0.0429. The van der Waals surface area contributed by atoms with Gasteiger partial charge < -0.3 is 20.4 Å². The fourth-order valence-corrected chi connectivity index (χ4v) is 6.15. The quantitative estimate of drug-likeness (QED) is 0.465. The van der Waals surface area contributed by atoms with Crippen molar-refractivity contribution in [2.45, 2.75) is 103 Å². The van der Waals surface area contributed by atoms with Crippen LogP contribution in [0.15, 0.2) is 47.1 Å². The van der Waals surface area contributed by atoms with Crippen molar-refractivity contribution >= 4 is 0 Å². The molecule has 0 aliphatic heterocycles. The SMILES string of the molecule is C=C1/C(=C\C=C2/CCC[C@]3(C)C([C@H](C)CCCC(C)(C)O)=CC(O)C23)C[C@@H](O)CC1O. The molecule has 4 N–H and O–H groups in total. The first-order chi connectivity index (χ1) is 14.4. The van der Waals surface area contributed by atoms with Crippen LogP contribution < -0.4 is 0 Å². The van der Waals surface area contributed by atoms with Gasteiger partial charge in [0.1, 0.15) is 0 Å². The Bertz CT molecular complexity index is 769. The second-order valence-electron chi connectivity index (χ2n) is 11.0. The van der Waals surface area contributed by atoms with Gasteiger partial charge in [-0.1, -0.05) is 56.2 Å². The highest BCUT2D eigenvalue weighted by Crippen LogP contribution is 2.57. The Morgan fingerprint density at radius 3 is 2.65 bits per heavy atom. The molecule has 3 unspecified atom stereocenters. The van der Waals surface area contributed by atoms with E-state index in [4.69, 9.17) is 0 Å². The van der Waals surface area contributed by atoms with Gasteiger partial charge in [-0.05, 0) is 74.9 Å². The Morgan fingerprint density at radius 1 is 1.26 bits per heavy atom. The van der Waals surface area contributed by atoms with Crippen molar-refractivity contribution < 1.29 is 20.4 Å². The van der Waals surface area contributed by atoms with Gasteiger partial charge in [0.15, 0.2) is 0 Å². The summed E-state index contributed by atoms with van der Waals surface area (Å²) in [6, 6.07) is 0. The minimum Gasteiger partial charge on any atom is -0.393 e. The molecular formula is C27H42O4. The molecule has 3 aliphatic carbocycles. The summed E-state index contributed by atoms with van der Waals surface area (Å²) in [5, 5.41) is 41.2. The topological polar surface area (TPSA) is 80.9 Å². The number of hydrogen-bond donors (Lipinski definition) is 4. The van der Waals surface area contributed by atoms with Crippen molar-refractivity contribution in [2.24, 2.45) is 17.3 Å². The van der Waals surface area contributed by atoms with Crippen LogP contribution in [-0.2, 0) is 0 Å². The monoisotopic (exact) mass is 430 g/mol. The van der Waals surface area contributed by atoms with E-state index >= 15 is 0 Å². The molecule has 0 aromatic rings. The van der Waals surface area contributed by atoms with E-state index in [0.717, 1.165) is 44.1 Å². The second-order valence-corrected chi connectivity index (χ2v) is 11.0. The molecule has 4 heteroatoms. The molecule has 0 spiro atoms. The van der Waals surface area contributed by atoms with Gasteiger partial charge in [0.05, 0.1) is 23.9 Å². The van der Waals surface area contributed by atoms with Gasteiger partial charge in [0, 0.05) is 12.3 Å². The van der Waals surface area contributed by atoms with Crippen molar-refractivity contribution in [1.29, 1.82) is 0 Å². The molecule has 0 aromatic heterocycles. The molecule has 0 radical (unpaired) electrons. The number of aliphatic hydroxyl groups is 4. The maximum Gasteiger partial charge on any atom is 0.0811 e. The third kappa shape index (κ3) is 5.42. The van der Waals surface area contributed by atoms with E-state index < -0.39 is 23.9 Å². The summed E-state index contributed by atoms with van der Waals surface area (Å²) in [7, 11) is 0. The summed E-state index contributed by atoms with van der Waals surface area (Å²) in [5.74, 6) is 0.463. The van der Waals surface area contributed by atoms with E-state index in [-0.39, 0.29) is 11.3 Å². The predicted molar refractivity (Wildman–Crippen MR) is 125 cm³/mol. The van der Waals surface area contributed by atoms with Crippen LogP contribution >= 0.6 is 0 Å². The fourth-order valence-electron chi connectivity index (χ4n) is 6.15. The fraction of sp³-hybridized carbons (Fsp3) is 0.704. The highest BCUT2D eigenvalue weighted by Gasteiger charge is 2.50. The first-order valence-electron chi connectivity index (χ1n) is 12.0. The van der Waals surface area contributed by atoms with E-state index in [2.05, 4.69) is 32.6 Å². The zero-order chi connectivity index (χ0) is 23.0. The summed E-state index contributed by atoms with van der Waals surface area (Å²) >= 11 is 0. The number of allylic oxidation sites excluding steroid dienone is 3. The Balaban J connectivity index is 1.77. The van der Waals surface area contributed by atoms with Gasteiger partial charge in [-0.2, -0.15) is 0 Å². The number of hydrogen-bond acceptors (Lipinski definition) is 4. The second kappa shape index (κ2) is 9.35. The van der Waals surface area contributed by atoms with Crippen molar-refractivity contribution in [1.82, 2.24) is 0 Å². The molecule has 3 aliphatic rings.